The molecule has 2 rings (SSSR count). The van der Waals surface area contributed by atoms with Gasteiger partial charge in [-0.3, -0.25) is 9.69 Å². The third kappa shape index (κ3) is 5.52. The maximum Gasteiger partial charge on any atom is 0.238 e. The van der Waals surface area contributed by atoms with Crippen LogP contribution < -0.4 is 10.1 Å². The van der Waals surface area contributed by atoms with Crippen LogP contribution in [0, 0.1) is 0 Å². The Morgan fingerprint density at radius 2 is 1.96 bits per heavy atom. The van der Waals surface area contributed by atoms with E-state index in [0.29, 0.717) is 12.6 Å². The van der Waals surface area contributed by atoms with Crippen molar-refractivity contribution in [1.29, 1.82) is 0 Å². The zero-order valence-corrected chi connectivity index (χ0v) is 14.3. The molecule has 0 bridgehead atoms. The van der Waals surface area contributed by atoms with E-state index >= 15 is 0 Å². The van der Waals surface area contributed by atoms with Crippen molar-refractivity contribution >= 4 is 11.6 Å². The summed E-state index contributed by atoms with van der Waals surface area (Å²) in [5, 5.41) is 12.8. The second-order valence-corrected chi connectivity index (χ2v) is 6.59. The molecule has 5 heteroatoms. The zero-order chi connectivity index (χ0) is 16.8. The predicted octanol–water partition coefficient (Wildman–Crippen LogP) is 2.65. The molecule has 0 aliphatic heterocycles. The van der Waals surface area contributed by atoms with Gasteiger partial charge in [-0.15, -0.1) is 0 Å². The maximum absolute atomic E-state index is 12.0. The third-order valence-corrected chi connectivity index (χ3v) is 4.37. The van der Waals surface area contributed by atoms with Gasteiger partial charge >= 0.3 is 0 Å². The number of nitrogens with one attached hydrogen (secondary N) is 1. The summed E-state index contributed by atoms with van der Waals surface area (Å²) in [4.78, 5) is 13.9. The van der Waals surface area contributed by atoms with Gasteiger partial charge in [0.2, 0.25) is 5.91 Å². The first kappa shape index (κ1) is 17.8. The molecule has 2 atom stereocenters. The van der Waals surface area contributed by atoms with E-state index in [-0.39, 0.29) is 18.1 Å². The number of carbonyl (C=O) groups is 1. The van der Waals surface area contributed by atoms with Gasteiger partial charge in [-0.25, -0.2) is 0 Å². The Labute approximate surface area is 138 Å². The zero-order valence-electron chi connectivity index (χ0n) is 14.3. The lowest BCUT2D eigenvalue weighted by atomic mass is 9.95. The summed E-state index contributed by atoms with van der Waals surface area (Å²) in [5.41, 5.74) is 0.753. The first-order chi connectivity index (χ1) is 11.0. The molecule has 1 fully saturated rings. The molecule has 1 aliphatic carbocycles. The maximum atomic E-state index is 12.0. The molecule has 0 saturated heterocycles. The van der Waals surface area contributed by atoms with Crippen LogP contribution >= 0.6 is 0 Å². The SMILES string of the molecule is CC(C)N(C)CC(=O)Nc1ccc(O[C@H]2CCCC[C@@H]2O)cc1. The molecule has 1 aliphatic rings. The molecule has 0 heterocycles. The molecule has 0 unspecified atom stereocenters. The number of ether oxygens (including phenoxy) is 1. The van der Waals surface area contributed by atoms with Crippen LogP contribution in [0.3, 0.4) is 0 Å². The fraction of sp³-hybridized carbons (Fsp3) is 0.611. The van der Waals surface area contributed by atoms with E-state index in [9.17, 15) is 9.90 Å². The van der Waals surface area contributed by atoms with Gasteiger partial charge < -0.3 is 15.2 Å². The molecule has 128 valence electrons. The molecular formula is C18H28N2O3. The molecular weight excluding hydrogens is 292 g/mol. The van der Waals surface area contributed by atoms with Crippen LogP contribution in [0.2, 0.25) is 0 Å². The molecule has 1 saturated carbocycles. The van der Waals surface area contributed by atoms with Crippen LogP contribution in [0.1, 0.15) is 39.5 Å². The number of likely N-dealkylation sites (N-methyl/N-ethyl adjacent to an activating group) is 1. The summed E-state index contributed by atoms with van der Waals surface area (Å²) < 4.78 is 5.85. The minimum Gasteiger partial charge on any atom is -0.488 e. The van der Waals surface area contributed by atoms with E-state index in [1.165, 1.54) is 0 Å². The normalized spacial score (nSPS) is 21.5. The largest absolute Gasteiger partial charge is 0.488 e. The van der Waals surface area contributed by atoms with E-state index in [1.54, 1.807) is 0 Å². The number of carbonyl (C=O) groups excluding carboxylic acids is 1. The highest BCUT2D eigenvalue weighted by Crippen LogP contribution is 2.24. The molecule has 1 amide bonds. The number of hydrogen-bond acceptors (Lipinski definition) is 4. The molecule has 23 heavy (non-hydrogen) atoms. The lowest BCUT2D eigenvalue weighted by Gasteiger charge is -2.28. The standard InChI is InChI=1S/C18H28N2O3/c1-13(2)20(3)12-18(22)19-14-8-10-15(11-9-14)23-17-7-5-4-6-16(17)21/h8-11,13,16-17,21H,4-7,12H2,1-3H3,(H,19,22)/t16-,17-/m0/s1. The van der Waals surface area contributed by atoms with Crippen molar-refractivity contribution in [3.63, 3.8) is 0 Å². The first-order valence-corrected chi connectivity index (χ1v) is 8.40. The van der Waals surface area contributed by atoms with Crippen molar-refractivity contribution in [3.8, 4) is 5.75 Å². The smallest absolute Gasteiger partial charge is 0.238 e. The molecule has 0 spiro atoms. The van der Waals surface area contributed by atoms with Crippen LogP contribution in [0.15, 0.2) is 24.3 Å². The Kier molecular flexibility index (Phi) is 6.42. The van der Waals surface area contributed by atoms with Gasteiger partial charge in [0.15, 0.2) is 0 Å². The minimum atomic E-state index is -0.380. The Bertz CT molecular complexity index is 501. The number of rotatable bonds is 6. The van der Waals surface area contributed by atoms with Crippen molar-refractivity contribution in [1.82, 2.24) is 4.90 Å². The van der Waals surface area contributed by atoms with Gasteiger partial charge in [0.05, 0.1) is 12.6 Å². The average molecular weight is 320 g/mol. The third-order valence-electron chi connectivity index (χ3n) is 4.37. The number of anilines is 1. The number of amides is 1. The Hall–Kier alpha value is -1.59. The summed E-state index contributed by atoms with van der Waals surface area (Å²) in [5.74, 6) is 0.700. The van der Waals surface area contributed by atoms with Crippen molar-refractivity contribution < 1.29 is 14.6 Å². The lowest BCUT2D eigenvalue weighted by molar-refractivity contribution is -0.117. The van der Waals surface area contributed by atoms with E-state index < -0.39 is 0 Å². The highest BCUT2D eigenvalue weighted by molar-refractivity contribution is 5.92. The quantitative estimate of drug-likeness (QED) is 0.846. The van der Waals surface area contributed by atoms with Gasteiger partial charge in [-0.05, 0) is 64.4 Å². The first-order valence-electron chi connectivity index (χ1n) is 8.40. The summed E-state index contributed by atoms with van der Waals surface area (Å²) in [6.07, 6.45) is 3.36. The van der Waals surface area contributed by atoms with Crippen LogP contribution in [0.4, 0.5) is 5.69 Å². The summed E-state index contributed by atoms with van der Waals surface area (Å²) in [6, 6.07) is 7.67. The van der Waals surface area contributed by atoms with E-state index in [4.69, 9.17) is 4.74 Å². The van der Waals surface area contributed by atoms with Gasteiger partial charge in [0.25, 0.3) is 0 Å². The molecule has 1 aromatic rings. The number of benzene rings is 1. The number of aliphatic hydroxyl groups is 1. The van der Waals surface area contributed by atoms with Crippen LogP contribution in [0.25, 0.3) is 0 Å². The number of aliphatic hydroxyl groups excluding tert-OH is 1. The molecule has 0 radical (unpaired) electrons. The van der Waals surface area contributed by atoms with Gasteiger partial charge in [-0.2, -0.15) is 0 Å². The van der Waals surface area contributed by atoms with Crippen molar-refractivity contribution in [2.75, 3.05) is 18.9 Å². The summed E-state index contributed by atoms with van der Waals surface area (Å²) in [7, 11) is 1.93. The van der Waals surface area contributed by atoms with Gasteiger partial charge in [0.1, 0.15) is 11.9 Å². The number of nitrogens with zero attached hydrogens (tertiary/aromatic N) is 1. The van der Waals surface area contributed by atoms with Crippen molar-refractivity contribution in [2.45, 2.75) is 57.8 Å². The van der Waals surface area contributed by atoms with Crippen LogP contribution in [0.5, 0.6) is 5.75 Å². The average Bonchev–Trinajstić information content (AvgIpc) is 2.51. The van der Waals surface area contributed by atoms with Crippen LogP contribution in [-0.4, -0.2) is 47.8 Å². The van der Waals surface area contributed by atoms with E-state index in [1.807, 2.05) is 36.2 Å². The highest BCUT2D eigenvalue weighted by atomic mass is 16.5. The van der Waals surface area contributed by atoms with Gasteiger partial charge in [0, 0.05) is 11.7 Å². The van der Waals surface area contributed by atoms with E-state index in [0.717, 1.165) is 37.1 Å². The Morgan fingerprint density at radius 1 is 1.30 bits per heavy atom. The Balaban J connectivity index is 1.85. The molecule has 0 aromatic heterocycles. The highest BCUT2D eigenvalue weighted by Gasteiger charge is 2.24. The second kappa shape index (κ2) is 8.31. The minimum absolute atomic E-state index is 0.0300. The fourth-order valence-corrected chi connectivity index (χ4v) is 2.62. The summed E-state index contributed by atoms with van der Waals surface area (Å²) >= 11 is 0. The monoisotopic (exact) mass is 320 g/mol. The van der Waals surface area contributed by atoms with Crippen molar-refractivity contribution in [2.24, 2.45) is 0 Å². The molecule has 5 nitrogen and oxygen atoms in total. The predicted molar refractivity (Wildman–Crippen MR) is 91.7 cm³/mol. The Morgan fingerprint density at radius 3 is 2.57 bits per heavy atom. The molecule has 2 N–H and O–H groups in total. The van der Waals surface area contributed by atoms with Crippen molar-refractivity contribution in [3.05, 3.63) is 24.3 Å². The second-order valence-electron chi connectivity index (χ2n) is 6.59. The fourth-order valence-electron chi connectivity index (χ4n) is 2.62. The van der Waals surface area contributed by atoms with Crippen LogP contribution in [-0.2, 0) is 4.79 Å². The lowest BCUT2D eigenvalue weighted by Crippen LogP contribution is -2.35. The van der Waals surface area contributed by atoms with E-state index in [2.05, 4.69) is 19.2 Å². The van der Waals surface area contributed by atoms with Gasteiger partial charge in [-0.1, -0.05) is 6.42 Å². The molecule has 1 aromatic carbocycles. The summed E-state index contributed by atoms with van der Waals surface area (Å²) in [6.45, 7) is 4.47. The number of hydrogen-bond donors (Lipinski definition) is 2. The topological polar surface area (TPSA) is 61.8 Å².